The Balaban J connectivity index is 2.63. The summed E-state index contributed by atoms with van der Waals surface area (Å²) in [5, 5.41) is 64.0. The lowest BCUT2D eigenvalue weighted by molar-refractivity contribution is -0.302. The topological polar surface area (TPSA) is 169 Å². The van der Waals surface area contributed by atoms with E-state index in [1.807, 2.05) is 6.08 Å². The van der Waals surface area contributed by atoms with E-state index in [1.54, 1.807) is 6.08 Å². The summed E-state index contributed by atoms with van der Waals surface area (Å²) >= 11 is 0. The first-order valence-corrected chi connectivity index (χ1v) is 17.8. The van der Waals surface area contributed by atoms with Crippen molar-refractivity contribution in [2.24, 2.45) is 0 Å². The van der Waals surface area contributed by atoms with Crippen LogP contribution in [0.5, 0.6) is 0 Å². The number of carbonyl (C=O) groups excluding carboxylic acids is 1. The molecule has 0 aliphatic carbocycles. The molecular weight excluding hydrogens is 590 g/mol. The SMILES string of the molecule is CCCC/C=C/CC/C=C/CC/C=C/C(O)C(COC1OC(CO)C(O)C(O)C1O)NC(=O)C(O)CCCCCCCCCCC. The normalized spacial score (nSPS) is 24.2. The van der Waals surface area contributed by atoms with Crippen LogP contribution in [-0.4, -0.2) is 98.7 Å². The van der Waals surface area contributed by atoms with Crippen molar-refractivity contribution in [3.63, 3.8) is 0 Å². The first kappa shape index (κ1) is 42.4. The van der Waals surface area contributed by atoms with E-state index in [0.717, 1.165) is 44.9 Å². The Bertz CT molecular complexity index is 834. The van der Waals surface area contributed by atoms with Gasteiger partial charge >= 0.3 is 0 Å². The zero-order chi connectivity index (χ0) is 34.0. The van der Waals surface area contributed by atoms with Gasteiger partial charge in [0.25, 0.3) is 0 Å². The Labute approximate surface area is 277 Å². The molecule has 1 aliphatic rings. The first-order valence-electron chi connectivity index (χ1n) is 17.8. The maximum atomic E-state index is 12.9. The van der Waals surface area contributed by atoms with Gasteiger partial charge in [-0.25, -0.2) is 0 Å². The van der Waals surface area contributed by atoms with Crippen LogP contribution in [-0.2, 0) is 14.3 Å². The van der Waals surface area contributed by atoms with Crippen molar-refractivity contribution in [2.45, 2.75) is 172 Å². The van der Waals surface area contributed by atoms with E-state index in [0.29, 0.717) is 19.3 Å². The van der Waals surface area contributed by atoms with Crippen LogP contribution in [0, 0.1) is 0 Å². The molecule has 0 aromatic rings. The molecule has 1 amide bonds. The average molecular weight is 656 g/mol. The highest BCUT2D eigenvalue weighted by atomic mass is 16.7. The van der Waals surface area contributed by atoms with Crippen LogP contribution in [0.15, 0.2) is 36.5 Å². The van der Waals surface area contributed by atoms with Gasteiger partial charge in [-0.1, -0.05) is 121 Å². The highest BCUT2D eigenvalue weighted by molar-refractivity contribution is 5.80. The van der Waals surface area contributed by atoms with Crippen LogP contribution >= 0.6 is 0 Å². The van der Waals surface area contributed by atoms with Gasteiger partial charge < -0.3 is 45.4 Å². The summed E-state index contributed by atoms with van der Waals surface area (Å²) in [5.41, 5.74) is 0. The summed E-state index contributed by atoms with van der Waals surface area (Å²) in [6.07, 6.45) is 19.7. The molecular formula is C36H65NO9. The van der Waals surface area contributed by atoms with Gasteiger partial charge in [0.15, 0.2) is 6.29 Å². The molecule has 8 atom stereocenters. The van der Waals surface area contributed by atoms with E-state index in [2.05, 4.69) is 43.5 Å². The first-order chi connectivity index (χ1) is 22.3. The summed E-state index contributed by atoms with van der Waals surface area (Å²) in [4.78, 5) is 12.9. The summed E-state index contributed by atoms with van der Waals surface area (Å²) in [6.45, 7) is 3.45. The number of carbonyl (C=O) groups is 1. The van der Waals surface area contributed by atoms with Gasteiger partial charge in [0.05, 0.1) is 25.4 Å². The quantitative estimate of drug-likeness (QED) is 0.0503. The van der Waals surface area contributed by atoms with Crippen LogP contribution in [0.1, 0.15) is 123 Å². The summed E-state index contributed by atoms with van der Waals surface area (Å²) in [5.74, 6) is -0.638. The number of aliphatic hydroxyl groups excluding tert-OH is 6. The van der Waals surface area contributed by atoms with Gasteiger partial charge in [0, 0.05) is 0 Å². The molecule has 0 aromatic heterocycles. The van der Waals surface area contributed by atoms with E-state index in [-0.39, 0.29) is 6.61 Å². The molecule has 1 aliphatic heterocycles. The monoisotopic (exact) mass is 655 g/mol. The zero-order valence-corrected chi connectivity index (χ0v) is 28.4. The largest absolute Gasteiger partial charge is 0.394 e. The van der Waals surface area contributed by atoms with Gasteiger partial charge in [0.2, 0.25) is 5.91 Å². The van der Waals surface area contributed by atoms with Crippen molar-refractivity contribution in [2.75, 3.05) is 13.2 Å². The third-order valence-corrected chi connectivity index (χ3v) is 8.30. The Hall–Kier alpha value is -1.63. The molecule has 46 heavy (non-hydrogen) atoms. The Kier molecular flexibility index (Phi) is 25.2. The van der Waals surface area contributed by atoms with Crippen LogP contribution in [0.3, 0.4) is 0 Å². The Morgan fingerprint density at radius 1 is 0.739 bits per heavy atom. The van der Waals surface area contributed by atoms with Gasteiger partial charge in [-0.2, -0.15) is 0 Å². The smallest absolute Gasteiger partial charge is 0.249 e. The van der Waals surface area contributed by atoms with Gasteiger partial charge in [-0.05, 0) is 38.5 Å². The molecule has 0 radical (unpaired) electrons. The number of nitrogens with one attached hydrogen (secondary N) is 1. The molecule has 1 rings (SSSR count). The van der Waals surface area contributed by atoms with Crippen molar-refractivity contribution < 1.29 is 44.9 Å². The predicted octanol–water partition coefficient (Wildman–Crippen LogP) is 4.35. The standard InChI is InChI=1S/C36H65NO9/c1-3-5-7-9-11-13-14-15-17-18-20-22-24-29(39)28(27-45-36-34(43)33(42)32(41)31(26-38)46-36)37-35(44)30(40)25-23-21-19-16-12-10-8-6-4-2/h9,11,15,17,22,24,28-34,36,38-43H,3-8,10,12-14,16,18-21,23,25-27H2,1-2H3,(H,37,44)/b11-9+,17-15+,24-22+. The predicted molar refractivity (Wildman–Crippen MR) is 181 cm³/mol. The number of aliphatic hydroxyl groups is 6. The lowest BCUT2D eigenvalue weighted by Gasteiger charge is -2.40. The van der Waals surface area contributed by atoms with Gasteiger partial charge in [0.1, 0.15) is 30.5 Å². The number of rotatable bonds is 27. The molecule has 0 bridgehead atoms. The minimum absolute atomic E-state index is 0.300. The van der Waals surface area contributed by atoms with E-state index >= 15 is 0 Å². The minimum atomic E-state index is -1.61. The van der Waals surface area contributed by atoms with Gasteiger partial charge in [-0.3, -0.25) is 4.79 Å². The van der Waals surface area contributed by atoms with Crippen LogP contribution in [0.2, 0.25) is 0 Å². The summed E-state index contributed by atoms with van der Waals surface area (Å²) in [6, 6.07) is -0.996. The average Bonchev–Trinajstić information content (AvgIpc) is 3.05. The molecule has 10 nitrogen and oxygen atoms in total. The molecule has 0 saturated carbocycles. The molecule has 0 aromatic carbocycles. The molecule has 7 N–H and O–H groups in total. The number of hydrogen-bond donors (Lipinski definition) is 7. The highest BCUT2D eigenvalue weighted by Crippen LogP contribution is 2.22. The van der Waals surface area contributed by atoms with Crippen LogP contribution < -0.4 is 5.32 Å². The third-order valence-electron chi connectivity index (χ3n) is 8.30. The van der Waals surface area contributed by atoms with Crippen molar-refractivity contribution in [3.05, 3.63) is 36.5 Å². The number of hydrogen-bond acceptors (Lipinski definition) is 9. The van der Waals surface area contributed by atoms with Crippen molar-refractivity contribution in [3.8, 4) is 0 Å². The zero-order valence-electron chi connectivity index (χ0n) is 28.4. The second-order valence-corrected chi connectivity index (χ2v) is 12.4. The lowest BCUT2D eigenvalue weighted by Crippen LogP contribution is -2.60. The second-order valence-electron chi connectivity index (χ2n) is 12.4. The van der Waals surface area contributed by atoms with Crippen molar-refractivity contribution in [1.29, 1.82) is 0 Å². The Morgan fingerprint density at radius 3 is 1.87 bits per heavy atom. The number of amides is 1. The van der Waals surface area contributed by atoms with E-state index in [4.69, 9.17) is 9.47 Å². The van der Waals surface area contributed by atoms with E-state index in [9.17, 15) is 35.4 Å². The fourth-order valence-corrected chi connectivity index (χ4v) is 5.24. The fourth-order valence-electron chi connectivity index (χ4n) is 5.24. The molecule has 0 spiro atoms. The van der Waals surface area contributed by atoms with Crippen molar-refractivity contribution >= 4 is 5.91 Å². The minimum Gasteiger partial charge on any atom is -0.394 e. The maximum Gasteiger partial charge on any atom is 0.249 e. The van der Waals surface area contributed by atoms with Gasteiger partial charge in [-0.15, -0.1) is 0 Å². The lowest BCUT2D eigenvalue weighted by atomic mass is 9.99. The molecule has 1 heterocycles. The number of unbranched alkanes of at least 4 members (excludes halogenated alkanes) is 12. The summed E-state index contributed by atoms with van der Waals surface area (Å²) in [7, 11) is 0. The second kappa shape index (κ2) is 27.3. The highest BCUT2D eigenvalue weighted by Gasteiger charge is 2.44. The molecule has 8 unspecified atom stereocenters. The van der Waals surface area contributed by atoms with E-state index < -0.39 is 61.5 Å². The summed E-state index contributed by atoms with van der Waals surface area (Å²) < 4.78 is 11.0. The Morgan fingerprint density at radius 2 is 1.28 bits per heavy atom. The fraction of sp³-hybridized carbons (Fsp3) is 0.806. The molecule has 1 saturated heterocycles. The molecule has 10 heteroatoms. The maximum absolute atomic E-state index is 12.9. The number of ether oxygens (including phenoxy) is 2. The van der Waals surface area contributed by atoms with Crippen LogP contribution in [0.25, 0.3) is 0 Å². The van der Waals surface area contributed by atoms with Crippen molar-refractivity contribution in [1.82, 2.24) is 5.32 Å². The third kappa shape index (κ3) is 18.6. The number of allylic oxidation sites excluding steroid dienone is 5. The molecule has 1 fully saturated rings. The van der Waals surface area contributed by atoms with Crippen LogP contribution in [0.4, 0.5) is 0 Å². The van der Waals surface area contributed by atoms with E-state index in [1.165, 1.54) is 44.9 Å². The molecule has 268 valence electrons.